The molecule has 0 bridgehead atoms. The molecule has 1 aromatic carbocycles. The van der Waals surface area contributed by atoms with Crippen LogP contribution in [0, 0.1) is 28.4 Å². The van der Waals surface area contributed by atoms with E-state index in [0.29, 0.717) is 25.8 Å². The second-order valence-electron chi connectivity index (χ2n) is 5.44. The molecule has 2 unspecified atom stereocenters. The van der Waals surface area contributed by atoms with Crippen LogP contribution in [0.1, 0.15) is 31.7 Å². The minimum atomic E-state index is -0.571. The third kappa shape index (κ3) is 3.31. The lowest BCUT2D eigenvalue weighted by Crippen LogP contribution is -2.42. The van der Waals surface area contributed by atoms with Crippen molar-refractivity contribution < 1.29 is 9.66 Å². The Bertz CT molecular complexity index is 582. The van der Waals surface area contributed by atoms with E-state index in [1.807, 2.05) is 13.8 Å². The molecule has 112 valence electrons. The van der Waals surface area contributed by atoms with E-state index in [1.54, 1.807) is 12.1 Å². The number of aryl methyl sites for hydroxylation is 1. The first kappa shape index (κ1) is 15.3. The fourth-order valence-corrected chi connectivity index (χ4v) is 2.79. The Hall–Kier alpha value is -2.13. The zero-order valence-electron chi connectivity index (χ0n) is 12.3. The summed E-state index contributed by atoms with van der Waals surface area (Å²) in [6, 6.07) is 7.15. The molecule has 0 amide bonds. The van der Waals surface area contributed by atoms with Gasteiger partial charge in [0, 0.05) is 12.5 Å². The van der Waals surface area contributed by atoms with Gasteiger partial charge in [0.2, 0.25) is 0 Å². The molecular weight excluding hydrogens is 270 g/mol. The average molecular weight is 289 g/mol. The molecule has 0 aromatic heterocycles. The lowest BCUT2D eigenvalue weighted by Gasteiger charge is -2.22. The molecule has 2 rings (SSSR count). The average Bonchev–Trinajstić information content (AvgIpc) is 2.83. The van der Waals surface area contributed by atoms with Crippen LogP contribution in [-0.2, 0) is 0 Å². The van der Waals surface area contributed by atoms with E-state index in [2.05, 4.69) is 11.4 Å². The molecule has 1 saturated carbocycles. The Balaban J connectivity index is 2.15. The van der Waals surface area contributed by atoms with Gasteiger partial charge in [-0.15, -0.1) is 0 Å². The van der Waals surface area contributed by atoms with Crippen molar-refractivity contribution in [3.8, 4) is 11.8 Å². The van der Waals surface area contributed by atoms with Crippen LogP contribution in [0.3, 0.4) is 0 Å². The number of hydrogen-bond donors (Lipinski definition) is 1. The number of ether oxygens (including phenoxy) is 1. The number of nitro benzene ring substituents is 1. The van der Waals surface area contributed by atoms with Gasteiger partial charge in [0.15, 0.2) is 5.75 Å². The Morgan fingerprint density at radius 1 is 1.62 bits per heavy atom. The Kier molecular flexibility index (Phi) is 4.43. The lowest BCUT2D eigenvalue weighted by atomic mass is 10.00. The number of nitrogens with zero attached hydrogens (tertiary/aromatic N) is 2. The van der Waals surface area contributed by atoms with Gasteiger partial charge in [-0.1, -0.05) is 13.0 Å². The highest BCUT2D eigenvalue weighted by Crippen LogP contribution is 2.35. The summed E-state index contributed by atoms with van der Waals surface area (Å²) in [4.78, 5) is 10.6. The number of rotatable bonds is 5. The molecule has 1 N–H and O–H groups in total. The lowest BCUT2D eigenvalue weighted by molar-refractivity contribution is -0.386. The normalized spacial score (nSPS) is 24.5. The Morgan fingerprint density at radius 2 is 2.38 bits per heavy atom. The van der Waals surface area contributed by atoms with E-state index in [9.17, 15) is 15.4 Å². The van der Waals surface area contributed by atoms with Gasteiger partial charge in [-0.2, -0.15) is 5.26 Å². The van der Waals surface area contributed by atoms with Crippen LogP contribution in [0.4, 0.5) is 5.69 Å². The first-order chi connectivity index (χ1) is 9.99. The fourth-order valence-electron chi connectivity index (χ4n) is 2.79. The summed E-state index contributed by atoms with van der Waals surface area (Å²) < 4.78 is 5.82. The first-order valence-corrected chi connectivity index (χ1v) is 7.07. The van der Waals surface area contributed by atoms with Crippen LogP contribution >= 0.6 is 0 Å². The van der Waals surface area contributed by atoms with Crippen LogP contribution in [0.5, 0.6) is 5.75 Å². The van der Waals surface area contributed by atoms with Crippen molar-refractivity contribution in [3.63, 3.8) is 0 Å². The topological polar surface area (TPSA) is 88.2 Å². The zero-order valence-corrected chi connectivity index (χ0v) is 12.3. The van der Waals surface area contributed by atoms with Gasteiger partial charge in [-0.05, 0) is 37.9 Å². The molecule has 0 heterocycles. The fraction of sp³-hybridized carbons (Fsp3) is 0.533. The van der Waals surface area contributed by atoms with Crippen LogP contribution in [-0.4, -0.2) is 23.1 Å². The molecule has 0 saturated heterocycles. The highest BCUT2D eigenvalue weighted by Gasteiger charge is 2.40. The summed E-state index contributed by atoms with van der Waals surface area (Å²) in [5.41, 5.74) is 0.309. The van der Waals surface area contributed by atoms with E-state index in [0.717, 1.165) is 5.56 Å². The molecule has 1 aliphatic carbocycles. The second-order valence-corrected chi connectivity index (χ2v) is 5.44. The molecule has 1 aromatic rings. The summed E-state index contributed by atoms with van der Waals surface area (Å²) in [5.74, 6) is 0.287. The zero-order chi connectivity index (χ0) is 15.5. The second kappa shape index (κ2) is 6.10. The monoisotopic (exact) mass is 289 g/mol. The van der Waals surface area contributed by atoms with Gasteiger partial charge in [0.25, 0.3) is 0 Å². The number of benzene rings is 1. The van der Waals surface area contributed by atoms with Crippen molar-refractivity contribution in [2.45, 2.75) is 44.8 Å². The number of nitrogens with one attached hydrogen (secondary N) is 1. The van der Waals surface area contributed by atoms with Crippen LogP contribution < -0.4 is 10.1 Å². The summed E-state index contributed by atoms with van der Waals surface area (Å²) in [6.45, 7) is 4.53. The molecule has 2 atom stereocenters. The molecule has 6 nitrogen and oxygen atoms in total. The third-order valence-corrected chi connectivity index (χ3v) is 3.80. The number of nitro groups is 1. The smallest absolute Gasteiger partial charge is 0.310 e. The highest BCUT2D eigenvalue weighted by atomic mass is 16.6. The quantitative estimate of drug-likeness (QED) is 0.665. The first-order valence-electron chi connectivity index (χ1n) is 7.07. The number of nitriles is 1. The number of hydrogen-bond acceptors (Lipinski definition) is 5. The summed E-state index contributed by atoms with van der Waals surface area (Å²) >= 11 is 0. The molecule has 0 spiro atoms. The van der Waals surface area contributed by atoms with Gasteiger partial charge >= 0.3 is 5.69 Å². The van der Waals surface area contributed by atoms with Crippen molar-refractivity contribution in [3.05, 3.63) is 33.9 Å². The van der Waals surface area contributed by atoms with Crippen LogP contribution in [0.25, 0.3) is 0 Å². The van der Waals surface area contributed by atoms with Gasteiger partial charge in [0.05, 0.1) is 11.0 Å². The molecule has 0 radical (unpaired) electrons. The van der Waals surface area contributed by atoms with Gasteiger partial charge in [0.1, 0.15) is 11.6 Å². The van der Waals surface area contributed by atoms with Gasteiger partial charge in [-0.25, -0.2) is 0 Å². The Labute approximate surface area is 123 Å². The van der Waals surface area contributed by atoms with Crippen molar-refractivity contribution in [2.24, 2.45) is 0 Å². The van der Waals surface area contributed by atoms with E-state index in [1.165, 1.54) is 6.07 Å². The minimum absolute atomic E-state index is 0.0292. The maximum Gasteiger partial charge on any atom is 0.310 e. The summed E-state index contributed by atoms with van der Waals surface area (Å²) in [6.07, 6.45) is 1.78. The minimum Gasteiger partial charge on any atom is -0.483 e. The van der Waals surface area contributed by atoms with E-state index in [-0.39, 0.29) is 17.5 Å². The van der Waals surface area contributed by atoms with Crippen molar-refractivity contribution in [1.82, 2.24) is 5.32 Å². The predicted octanol–water partition coefficient (Wildman–Crippen LogP) is 2.71. The molecule has 0 aliphatic heterocycles. The van der Waals surface area contributed by atoms with Crippen molar-refractivity contribution >= 4 is 5.69 Å². The third-order valence-electron chi connectivity index (χ3n) is 3.80. The molecular formula is C15H19N3O3. The Morgan fingerprint density at radius 3 is 3.00 bits per heavy atom. The predicted molar refractivity (Wildman–Crippen MR) is 78.1 cm³/mol. The van der Waals surface area contributed by atoms with Crippen LogP contribution in [0.15, 0.2) is 18.2 Å². The van der Waals surface area contributed by atoms with E-state index < -0.39 is 10.5 Å². The SMILES string of the molecule is CCNC1(C#N)CCC(Oc2cc(C)ccc2[N+](=O)[O-])C1. The molecule has 21 heavy (non-hydrogen) atoms. The highest BCUT2D eigenvalue weighted by molar-refractivity contribution is 5.48. The van der Waals surface area contributed by atoms with Gasteiger partial charge < -0.3 is 4.74 Å². The standard InChI is InChI=1S/C15H19N3O3/c1-3-17-15(10-16)7-6-12(9-15)21-14-8-11(2)4-5-13(14)18(19)20/h4-5,8,12,17H,3,6-7,9H2,1-2H3. The maximum atomic E-state index is 11.1. The van der Waals surface area contributed by atoms with Crippen LogP contribution in [0.2, 0.25) is 0 Å². The van der Waals surface area contributed by atoms with Crippen molar-refractivity contribution in [2.75, 3.05) is 6.54 Å². The van der Waals surface area contributed by atoms with E-state index in [4.69, 9.17) is 4.74 Å². The summed E-state index contributed by atoms with van der Waals surface area (Å²) in [7, 11) is 0. The summed E-state index contributed by atoms with van der Waals surface area (Å²) in [5, 5.41) is 23.6. The molecule has 1 aliphatic rings. The van der Waals surface area contributed by atoms with Gasteiger partial charge in [-0.3, -0.25) is 15.4 Å². The maximum absolute atomic E-state index is 11.1. The molecule has 6 heteroatoms. The van der Waals surface area contributed by atoms with Crippen molar-refractivity contribution in [1.29, 1.82) is 5.26 Å². The molecule has 1 fully saturated rings. The largest absolute Gasteiger partial charge is 0.483 e. The van der Waals surface area contributed by atoms with E-state index >= 15 is 0 Å².